The van der Waals surface area contributed by atoms with Crippen molar-refractivity contribution in [3.63, 3.8) is 0 Å². The largest absolute Gasteiger partial charge is 0.369 e. The van der Waals surface area contributed by atoms with E-state index in [0.717, 1.165) is 22.2 Å². The highest BCUT2D eigenvalue weighted by molar-refractivity contribution is 6.31. The van der Waals surface area contributed by atoms with Gasteiger partial charge in [-0.2, -0.15) is 0 Å². The van der Waals surface area contributed by atoms with E-state index in [1.165, 1.54) is 0 Å². The Labute approximate surface area is 98.2 Å². The van der Waals surface area contributed by atoms with E-state index in [-0.39, 0.29) is 12.3 Å². The Morgan fingerprint density at radius 2 is 2.19 bits per heavy atom. The van der Waals surface area contributed by atoms with Crippen molar-refractivity contribution < 1.29 is 4.79 Å². The van der Waals surface area contributed by atoms with Crippen LogP contribution in [0.4, 0.5) is 0 Å². The molecule has 0 spiro atoms. The Kier molecular flexibility index (Phi) is 2.79. The lowest BCUT2D eigenvalue weighted by Gasteiger charge is -2.06. The van der Waals surface area contributed by atoms with Crippen molar-refractivity contribution in [2.24, 2.45) is 5.73 Å². The predicted molar refractivity (Wildman–Crippen MR) is 64.4 cm³/mol. The van der Waals surface area contributed by atoms with Crippen molar-refractivity contribution in [3.8, 4) is 0 Å². The lowest BCUT2D eigenvalue weighted by Crippen LogP contribution is -2.14. The van der Waals surface area contributed by atoms with Gasteiger partial charge in [-0.3, -0.25) is 9.78 Å². The molecule has 2 N–H and O–H groups in total. The number of rotatable bonds is 2. The SMILES string of the molecule is Cc1cc(CC(N)=O)c2cc(Cl)ccc2n1. The van der Waals surface area contributed by atoms with Crippen molar-refractivity contribution in [1.82, 2.24) is 4.98 Å². The number of aromatic nitrogens is 1. The minimum atomic E-state index is -0.355. The van der Waals surface area contributed by atoms with E-state index in [0.29, 0.717) is 5.02 Å². The first-order valence-electron chi connectivity index (χ1n) is 4.90. The molecule has 4 heteroatoms. The maximum atomic E-state index is 11.0. The van der Waals surface area contributed by atoms with Crippen LogP contribution in [0.15, 0.2) is 24.3 Å². The van der Waals surface area contributed by atoms with Crippen molar-refractivity contribution in [2.45, 2.75) is 13.3 Å². The molecule has 1 heterocycles. The summed E-state index contributed by atoms with van der Waals surface area (Å²) >= 11 is 5.92. The lowest BCUT2D eigenvalue weighted by atomic mass is 10.0. The van der Waals surface area contributed by atoms with Crippen molar-refractivity contribution in [3.05, 3.63) is 40.5 Å². The number of amides is 1. The molecular formula is C12H11ClN2O. The minimum absolute atomic E-state index is 0.209. The van der Waals surface area contributed by atoms with Crippen molar-refractivity contribution in [2.75, 3.05) is 0 Å². The number of pyridine rings is 1. The molecule has 1 aromatic carbocycles. The highest BCUT2D eigenvalue weighted by Gasteiger charge is 2.07. The van der Waals surface area contributed by atoms with Gasteiger partial charge in [-0.15, -0.1) is 0 Å². The molecule has 0 saturated carbocycles. The summed E-state index contributed by atoms with van der Waals surface area (Å²) in [6, 6.07) is 7.30. The Bertz CT molecular complexity index is 566. The second kappa shape index (κ2) is 4.10. The number of benzene rings is 1. The third-order valence-corrected chi connectivity index (χ3v) is 2.58. The number of fused-ring (bicyclic) bond motifs is 1. The quantitative estimate of drug-likeness (QED) is 0.866. The number of carbonyl (C=O) groups excluding carboxylic acids is 1. The summed E-state index contributed by atoms with van der Waals surface area (Å²) in [7, 11) is 0. The topological polar surface area (TPSA) is 56.0 Å². The van der Waals surface area contributed by atoms with E-state index >= 15 is 0 Å². The van der Waals surface area contributed by atoms with Gasteiger partial charge in [0.15, 0.2) is 0 Å². The molecule has 3 nitrogen and oxygen atoms in total. The molecule has 0 bridgehead atoms. The van der Waals surface area contributed by atoms with E-state index in [4.69, 9.17) is 17.3 Å². The monoisotopic (exact) mass is 234 g/mol. The Hall–Kier alpha value is -1.61. The number of halogens is 1. The van der Waals surface area contributed by atoms with E-state index < -0.39 is 0 Å². The summed E-state index contributed by atoms with van der Waals surface area (Å²) in [5, 5.41) is 1.51. The van der Waals surface area contributed by atoms with Gasteiger partial charge in [-0.25, -0.2) is 0 Å². The fourth-order valence-corrected chi connectivity index (χ4v) is 1.92. The van der Waals surface area contributed by atoms with Gasteiger partial charge < -0.3 is 5.73 Å². The number of hydrogen-bond acceptors (Lipinski definition) is 2. The zero-order chi connectivity index (χ0) is 11.7. The van der Waals surface area contributed by atoms with E-state index in [1.54, 1.807) is 6.07 Å². The first-order chi connectivity index (χ1) is 7.56. The maximum Gasteiger partial charge on any atom is 0.221 e. The fraction of sp³-hybridized carbons (Fsp3) is 0.167. The molecule has 0 fully saturated rings. The third-order valence-electron chi connectivity index (χ3n) is 2.35. The van der Waals surface area contributed by atoms with Crippen molar-refractivity contribution >= 4 is 28.4 Å². The molecule has 0 atom stereocenters. The van der Waals surface area contributed by atoms with Crippen LogP contribution in [0.1, 0.15) is 11.3 Å². The predicted octanol–water partition coefficient (Wildman–Crippen LogP) is 2.22. The Morgan fingerprint density at radius 3 is 2.88 bits per heavy atom. The standard InChI is InChI=1S/C12H11ClN2O/c1-7-4-8(5-12(14)16)10-6-9(13)2-3-11(10)15-7/h2-4,6H,5H2,1H3,(H2,14,16). The van der Waals surface area contributed by atoms with Gasteiger partial charge in [0.1, 0.15) is 0 Å². The Morgan fingerprint density at radius 1 is 1.44 bits per heavy atom. The molecule has 0 unspecified atom stereocenters. The van der Waals surface area contributed by atoms with Gasteiger partial charge in [0, 0.05) is 16.1 Å². The summed E-state index contributed by atoms with van der Waals surface area (Å²) in [6.07, 6.45) is 0.209. The van der Waals surface area contributed by atoms with Gasteiger partial charge in [-0.05, 0) is 36.8 Å². The first-order valence-corrected chi connectivity index (χ1v) is 5.28. The van der Waals surface area contributed by atoms with Gasteiger partial charge in [0.2, 0.25) is 5.91 Å². The zero-order valence-corrected chi connectivity index (χ0v) is 9.58. The van der Waals surface area contributed by atoms with Crippen LogP contribution in [0.25, 0.3) is 10.9 Å². The highest BCUT2D eigenvalue weighted by Crippen LogP contribution is 2.22. The molecule has 1 aromatic heterocycles. The van der Waals surface area contributed by atoms with Gasteiger partial charge in [0.05, 0.1) is 11.9 Å². The van der Waals surface area contributed by atoms with Gasteiger partial charge in [0.25, 0.3) is 0 Å². The molecule has 16 heavy (non-hydrogen) atoms. The number of nitrogens with two attached hydrogens (primary N) is 1. The average molecular weight is 235 g/mol. The summed E-state index contributed by atoms with van der Waals surface area (Å²) in [5.41, 5.74) is 7.78. The number of primary amides is 1. The number of nitrogens with zero attached hydrogens (tertiary/aromatic N) is 1. The summed E-state index contributed by atoms with van der Waals surface area (Å²) in [4.78, 5) is 15.4. The molecule has 0 aliphatic heterocycles. The minimum Gasteiger partial charge on any atom is -0.369 e. The average Bonchev–Trinajstić information content (AvgIpc) is 2.18. The zero-order valence-electron chi connectivity index (χ0n) is 8.83. The molecule has 82 valence electrons. The highest BCUT2D eigenvalue weighted by atomic mass is 35.5. The van der Waals surface area contributed by atoms with Crippen LogP contribution < -0.4 is 5.73 Å². The van der Waals surface area contributed by atoms with Crippen LogP contribution in [0.3, 0.4) is 0 Å². The smallest absolute Gasteiger partial charge is 0.221 e. The van der Waals surface area contributed by atoms with Crippen LogP contribution >= 0.6 is 11.6 Å². The van der Waals surface area contributed by atoms with Crippen LogP contribution in [0.5, 0.6) is 0 Å². The summed E-state index contributed by atoms with van der Waals surface area (Å²) in [6.45, 7) is 1.89. The molecular weight excluding hydrogens is 224 g/mol. The van der Waals surface area contributed by atoms with Gasteiger partial charge in [-0.1, -0.05) is 11.6 Å². The second-order valence-electron chi connectivity index (χ2n) is 3.73. The normalized spacial score (nSPS) is 10.6. The molecule has 0 radical (unpaired) electrons. The van der Waals surface area contributed by atoms with Crippen LogP contribution in [-0.4, -0.2) is 10.9 Å². The molecule has 0 aliphatic rings. The molecule has 2 rings (SSSR count). The van der Waals surface area contributed by atoms with Crippen LogP contribution in [0.2, 0.25) is 5.02 Å². The van der Waals surface area contributed by atoms with Crippen molar-refractivity contribution in [1.29, 1.82) is 0 Å². The van der Waals surface area contributed by atoms with Gasteiger partial charge >= 0.3 is 0 Å². The fourth-order valence-electron chi connectivity index (χ4n) is 1.75. The maximum absolute atomic E-state index is 11.0. The molecule has 0 aliphatic carbocycles. The molecule has 2 aromatic rings. The van der Waals surface area contributed by atoms with E-state index in [9.17, 15) is 4.79 Å². The number of carbonyl (C=O) groups is 1. The number of aryl methyl sites for hydroxylation is 1. The number of hydrogen-bond donors (Lipinski definition) is 1. The molecule has 0 saturated heterocycles. The summed E-state index contributed by atoms with van der Waals surface area (Å²) in [5.74, 6) is -0.355. The summed E-state index contributed by atoms with van der Waals surface area (Å²) < 4.78 is 0. The van der Waals surface area contributed by atoms with Crippen LogP contribution in [0, 0.1) is 6.92 Å². The van der Waals surface area contributed by atoms with E-state index in [2.05, 4.69) is 4.98 Å². The molecule has 1 amide bonds. The third kappa shape index (κ3) is 2.14. The second-order valence-corrected chi connectivity index (χ2v) is 4.16. The lowest BCUT2D eigenvalue weighted by molar-refractivity contribution is -0.117. The van der Waals surface area contributed by atoms with E-state index in [1.807, 2.05) is 25.1 Å². The van der Waals surface area contributed by atoms with Crippen LogP contribution in [-0.2, 0) is 11.2 Å². The Balaban J connectivity index is 2.69. The first kappa shape index (κ1) is 10.9.